The lowest BCUT2D eigenvalue weighted by Crippen LogP contribution is -2.30. The van der Waals surface area contributed by atoms with Gasteiger partial charge in [-0.3, -0.25) is 4.79 Å². The van der Waals surface area contributed by atoms with Crippen LogP contribution in [-0.2, 0) is 13.8 Å². The van der Waals surface area contributed by atoms with Crippen LogP contribution in [0.25, 0.3) is 0 Å². The highest BCUT2D eigenvalue weighted by atomic mass is 35.7. The minimum Gasteiger partial charge on any atom is -0.380 e. The number of hydrogen-bond donors (Lipinski definition) is 0. The summed E-state index contributed by atoms with van der Waals surface area (Å²) in [6, 6.07) is 2.15. The van der Waals surface area contributed by atoms with Crippen molar-refractivity contribution in [2.24, 2.45) is 0 Å². The molecule has 1 fully saturated rings. The van der Waals surface area contributed by atoms with Crippen LogP contribution in [0.5, 0.6) is 0 Å². The molecule has 21 heavy (non-hydrogen) atoms. The molecule has 0 spiro atoms. The lowest BCUT2D eigenvalue weighted by Gasteiger charge is -2.17. The van der Waals surface area contributed by atoms with Crippen LogP contribution in [-0.4, -0.2) is 45.5 Å². The van der Waals surface area contributed by atoms with Gasteiger partial charge in [0.05, 0.1) is 11.0 Å². The van der Waals surface area contributed by atoms with Crippen molar-refractivity contribution in [3.05, 3.63) is 29.1 Å². The highest BCUT2D eigenvalue weighted by Crippen LogP contribution is 2.25. The van der Waals surface area contributed by atoms with Gasteiger partial charge in [-0.15, -0.1) is 0 Å². The Balaban J connectivity index is 2.37. The zero-order valence-electron chi connectivity index (χ0n) is 11.6. The summed E-state index contributed by atoms with van der Waals surface area (Å²) in [4.78, 5) is 13.4. The second-order valence-electron chi connectivity index (χ2n) is 4.92. The van der Waals surface area contributed by atoms with Gasteiger partial charge in [-0.05, 0) is 25.5 Å². The number of rotatable bonds is 3. The summed E-state index contributed by atoms with van der Waals surface area (Å²) < 4.78 is 41.9. The third-order valence-electron chi connectivity index (χ3n) is 3.57. The largest absolute Gasteiger partial charge is 0.380 e. The average molecular weight is 336 g/mol. The van der Waals surface area contributed by atoms with Gasteiger partial charge < -0.3 is 9.64 Å². The van der Waals surface area contributed by atoms with Crippen molar-refractivity contribution < 1.29 is 22.3 Å². The van der Waals surface area contributed by atoms with Crippen LogP contribution in [0.1, 0.15) is 22.3 Å². The highest BCUT2D eigenvalue weighted by molar-refractivity contribution is 8.13. The Hall–Kier alpha value is -1.18. The summed E-state index contributed by atoms with van der Waals surface area (Å²) in [6.45, 7) is 2.18. The number of carbonyl (C=O) groups is 1. The normalized spacial score (nSPS) is 19.0. The quantitative estimate of drug-likeness (QED) is 0.792. The van der Waals surface area contributed by atoms with Gasteiger partial charge in [0.15, 0.2) is 0 Å². The van der Waals surface area contributed by atoms with E-state index < -0.39 is 20.8 Å². The third-order valence-corrected chi connectivity index (χ3v) is 5.02. The van der Waals surface area contributed by atoms with Crippen molar-refractivity contribution in [1.29, 1.82) is 0 Å². The summed E-state index contributed by atoms with van der Waals surface area (Å²) in [6.07, 6.45) is 0.637. The van der Waals surface area contributed by atoms with Crippen LogP contribution in [0.2, 0.25) is 0 Å². The molecule has 1 heterocycles. The van der Waals surface area contributed by atoms with Crippen LogP contribution in [0, 0.1) is 12.7 Å². The fourth-order valence-electron chi connectivity index (χ4n) is 2.32. The summed E-state index contributed by atoms with van der Waals surface area (Å²) in [5.41, 5.74) is -0.133. The minimum absolute atomic E-state index is 0.0333. The molecule has 1 unspecified atom stereocenters. The predicted molar refractivity (Wildman–Crippen MR) is 75.5 cm³/mol. The average Bonchev–Trinajstić information content (AvgIpc) is 2.88. The predicted octanol–water partition coefficient (Wildman–Crippen LogP) is 1.92. The maximum Gasteiger partial charge on any atom is 0.261 e. The zero-order chi connectivity index (χ0) is 15.8. The molecule has 0 bridgehead atoms. The standard InChI is InChI=1S/C13H15ClFNO4S/c1-8-11(15)5-9(6-12(8)21(14,18)19)13(17)16-4-3-10(7-16)20-2/h5-6,10H,3-4,7H2,1-2H3. The van der Waals surface area contributed by atoms with Crippen LogP contribution in [0.3, 0.4) is 0 Å². The Morgan fingerprint density at radius 1 is 1.48 bits per heavy atom. The van der Waals surface area contributed by atoms with Gasteiger partial charge in [-0.1, -0.05) is 0 Å². The Kier molecular flexibility index (Phi) is 4.55. The smallest absolute Gasteiger partial charge is 0.261 e. The van der Waals surface area contributed by atoms with Crippen LogP contribution >= 0.6 is 10.7 Å². The number of methoxy groups -OCH3 is 1. The Bertz CT molecular complexity index is 677. The van der Waals surface area contributed by atoms with Crippen molar-refractivity contribution in [2.45, 2.75) is 24.3 Å². The van der Waals surface area contributed by atoms with E-state index in [0.29, 0.717) is 19.5 Å². The number of ether oxygens (including phenoxy) is 1. The second-order valence-corrected chi connectivity index (χ2v) is 7.45. The van der Waals surface area contributed by atoms with Gasteiger partial charge in [0.2, 0.25) is 0 Å². The SMILES string of the molecule is COC1CCN(C(=O)c2cc(F)c(C)c(S(=O)(=O)Cl)c2)C1. The molecule has 8 heteroatoms. The van der Waals surface area contributed by atoms with E-state index in [1.54, 1.807) is 7.11 Å². The van der Waals surface area contributed by atoms with Crippen molar-refractivity contribution in [2.75, 3.05) is 20.2 Å². The molecule has 1 saturated heterocycles. The molecular formula is C13H15ClFNO4S. The van der Waals surface area contributed by atoms with Gasteiger partial charge in [-0.25, -0.2) is 12.8 Å². The first-order valence-electron chi connectivity index (χ1n) is 6.31. The topological polar surface area (TPSA) is 63.7 Å². The molecule has 116 valence electrons. The summed E-state index contributed by atoms with van der Waals surface area (Å²) >= 11 is 0. The number of carbonyl (C=O) groups excluding carboxylic acids is 1. The van der Waals surface area contributed by atoms with E-state index >= 15 is 0 Å². The van der Waals surface area contributed by atoms with Gasteiger partial charge in [0.1, 0.15) is 5.82 Å². The first-order valence-corrected chi connectivity index (χ1v) is 8.62. The van der Waals surface area contributed by atoms with Crippen molar-refractivity contribution in [3.8, 4) is 0 Å². The Labute approximate surface area is 127 Å². The van der Waals surface area contributed by atoms with E-state index in [4.69, 9.17) is 15.4 Å². The van der Waals surface area contributed by atoms with E-state index in [2.05, 4.69) is 0 Å². The number of amides is 1. The molecule has 0 aliphatic carbocycles. The van der Waals surface area contributed by atoms with E-state index in [1.165, 1.54) is 11.8 Å². The molecular weight excluding hydrogens is 321 g/mol. The fraction of sp³-hybridized carbons (Fsp3) is 0.462. The maximum atomic E-state index is 13.8. The van der Waals surface area contributed by atoms with Crippen molar-refractivity contribution in [3.63, 3.8) is 0 Å². The highest BCUT2D eigenvalue weighted by Gasteiger charge is 2.28. The Morgan fingerprint density at radius 2 is 2.14 bits per heavy atom. The lowest BCUT2D eigenvalue weighted by molar-refractivity contribution is 0.0723. The van der Waals surface area contributed by atoms with E-state index in [0.717, 1.165) is 12.1 Å². The maximum absolute atomic E-state index is 13.8. The molecule has 0 radical (unpaired) electrons. The molecule has 1 aromatic rings. The van der Waals surface area contributed by atoms with E-state index in [-0.39, 0.29) is 22.1 Å². The molecule has 0 saturated carbocycles. The van der Waals surface area contributed by atoms with Crippen LogP contribution < -0.4 is 0 Å². The molecule has 5 nitrogen and oxygen atoms in total. The first kappa shape index (κ1) is 16.2. The first-order chi connectivity index (χ1) is 9.74. The summed E-state index contributed by atoms with van der Waals surface area (Å²) in [5.74, 6) is -1.21. The summed E-state index contributed by atoms with van der Waals surface area (Å²) in [7, 11) is 2.72. The van der Waals surface area contributed by atoms with Crippen LogP contribution in [0.4, 0.5) is 4.39 Å². The molecule has 2 rings (SSSR count). The Morgan fingerprint density at radius 3 is 2.67 bits per heavy atom. The molecule has 1 aliphatic rings. The summed E-state index contributed by atoms with van der Waals surface area (Å²) in [5, 5.41) is 0. The molecule has 1 amide bonds. The monoisotopic (exact) mass is 335 g/mol. The number of likely N-dealkylation sites (tertiary alicyclic amines) is 1. The molecule has 0 aromatic heterocycles. The zero-order valence-corrected chi connectivity index (χ0v) is 13.2. The number of nitrogens with zero attached hydrogens (tertiary/aromatic N) is 1. The fourth-order valence-corrected chi connectivity index (χ4v) is 3.53. The molecule has 1 aliphatic heterocycles. The number of halogens is 2. The van der Waals surface area contributed by atoms with Gasteiger partial charge in [0.25, 0.3) is 15.0 Å². The van der Waals surface area contributed by atoms with Gasteiger partial charge in [-0.2, -0.15) is 0 Å². The van der Waals surface area contributed by atoms with Crippen molar-refractivity contribution >= 4 is 25.6 Å². The molecule has 1 aromatic carbocycles. The number of benzene rings is 1. The number of hydrogen-bond acceptors (Lipinski definition) is 4. The molecule has 1 atom stereocenters. The third kappa shape index (κ3) is 3.36. The lowest BCUT2D eigenvalue weighted by atomic mass is 10.1. The molecule has 0 N–H and O–H groups in total. The van der Waals surface area contributed by atoms with E-state index in [1.807, 2.05) is 0 Å². The van der Waals surface area contributed by atoms with Gasteiger partial charge in [0, 0.05) is 42.0 Å². The van der Waals surface area contributed by atoms with Crippen molar-refractivity contribution in [1.82, 2.24) is 4.90 Å². The second kappa shape index (κ2) is 5.90. The van der Waals surface area contributed by atoms with Crippen LogP contribution in [0.15, 0.2) is 17.0 Å². The minimum atomic E-state index is -4.11. The van der Waals surface area contributed by atoms with E-state index in [9.17, 15) is 17.6 Å². The van der Waals surface area contributed by atoms with Gasteiger partial charge >= 0.3 is 0 Å².